The number of nitrogens with zero attached hydrogens (tertiary/aromatic N) is 2. The lowest BCUT2D eigenvalue weighted by Gasteiger charge is -2.33. The number of piperidine rings is 1. The van der Waals surface area contributed by atoms with Gasteiger partial charge in [0.2, 0.25) is 0 Å². The van der Waals surface area contributed by atoms with E-state index in [2.05, 4.69) is 30.1 Å². The van der Waals surface area contributed by atoms with E-state index in [0.29, 0.717) is 16.6 Å². The molecule has 3 nitrogen and oxygen atoms in total. The molecule has 1 fully saturated rings. The first-order valence-corrected chi connectivity index (χ1v) is 7.65. The first-order chi connectivity index (χ1) is 9.58. The number of rotatable bonds is 4. The first kappa shape index (κ1) is 15.2. The molecule has 0 aromatic heterocycles. The zero-order valence-electron chi connectivity index (χ0n) is 12.2. The van der Waals surface area contributed by atoms with E-state index in [0.717, 1.165) is 37.5 Å². The molecule has 0 atom stereocenters. The van der Waals surface area contributed by atoms with Crippen molar-refractivity contribution in [3.63, 3.8) is 0 Å². The Morgan fingerprint density at radius 2 is 2.10 bits per heavy atom. The van der Waals surface area contributed by atoms with Gasteiger partial charge in [-0.2, -0.15) is 5.26 Å². The molecule has 4 heteroatoms. The average Bonchev–Trinajstić information content (AvgIpc) is 2.42. The highest BCUT2D eigenvalue weighted by Gasteiger charge is 2.20. The molecule has 1 aliphatic heterocycles. The zero-order chi connectivity index (χ0) is 14.5. The lowest BCUT2D eigenvalue weighted by Crippen LogP contribution is -2.40. The quantitative estimate of drug-likeness (QED) is 0.918. The summed E-state index contributed by atoms with van der Waals surface area (Å²) in [7, 11) is 0. The van der Waals surface area contributed by atoms with Crippen LogP contribution in [0.3, 0.4) is 0 Å². The molecule has 2 rings (SSSR count). The minimum absolute atomic E-state index is 0.451. The second-order valence-corrected chi connectivity index (χ2v) is 6.35. The van der Waals surface area contributed by atoms with Crippen molar-refractivity contribution in [3.8, 4) is 6.07 Å². The third-order valence-corrected chi connectivity index (χ3v) is 3.91. The van der Waals surface area contributed by atoms with Gasteiger partial charge in [-0.1, -0.05) is 25.4 Å². The number of halogens is 1. The van der Waals surface area contributed by atoms with Crippen LogP contribution in [-0.2, 0) is 0 Å². The Morgan fingerprint density at radius 3 is 2.70 bits per heavy atom. The molecule has 1 aromatic carbocycles. The summed E-state index contributed by atoms with van der Waals surface area (Å²) in [6.07, 6.45) is 2.25. The fraction of sp³-hybridized carbons (Fsp3) is 0.562. The topological polar surface area (TPSA) is 39.1 Å². The highest BCUT2D eigenvalue weighted by atomic mass is 35.5. The number of benzene rings is 1. The fourth-order valence-electron chi connectivity index (χ4n) is 2.73. The van der Waals surface area contributed by atoms with Gasteiger partial charge in [0.05, 0.1) is 11.3 Å². The van der Waals surface area contributed by atoms with Crippen LogP contribution in [0.25, 0.3) is 0 Å². The van der Waals surface area contributed by atoms with Crippen molar-refractivity contribution in [1.29, 1.82) is 5.26 Å². The molecule has 20 heavy (non-hydrogen) atoms. The highest BCUT2D eigenvalue weighted by molar-refractivity contribution is 6.30. The monoisotopic (exact) mass is 291 g/mol. The average molecular weight is 292 g/mol. The molecule has 0 radical (unpaired) electrons. The minimum Gasteiger partial charge on any atom is -0.381 e. The van der Waals surface area contributed by atoms with Gasteiger partial charge >= 0.3 is 0 Å². The first-order valence-electron chi connectivity index (χ1n) is 7.27. The molecule has 1 aliphatic rings. The summed E-state index contributed by atoms with van der Waals surface area (Å²) in [5, 5.41) is 13.3. The summed E-state index contributed by atoms with van der Waals surface area (Å²) in [6.45, 7) is 7.96. The van der Waals surface area contributed by atoms with Gasteiger partial charge in [0.1, 0.15) is 6.07 Å². The largest absolute Gasteiger partial charge is 0.381 e. The summed E-state index contributed by atoms with van der Waals surface area (Å²) >= 11 is 5.92. The van der Waals surface area contributed by atoms with Crippen molar-refractivity contribution >= 4 is 17.3 Å². The van der Waals surface area contributed by atoms with Crippen LogP contribution in [0.2, 0.25) is 5.02 Å². The van der Waals surface area contributed by atoms with Gasteiger partial charge in [0.15, 0.2) is 0 Å². The van der Waals surface area contributed by atoms with Gasteiger partial charge in [-0.05, 0) is 37.0 Å². The molecule has 1 aromatic rings. The standard InChI is InChI=1S/C16H22ClN3/c1-12(2)11-20-7-5-15(6-8-20)19-16-4-3-14(17)9-13(16)10-18/h3-4,9,12,15,19H,5-8,11H2,1-2H3. The van der Waals surface area contributed by atoms with Crippen LogP contribution in [0.1, 0.15) is 32.3 Å². The fourth-order valence-corrected chi connectivity index (χ4v) is 2.90. The van der Waals surface area contributed by atoms with Crippen molar-refractivity contribution < 1.29 is 0 Å². The molecular formula is C16H22ClN3. The van der Waals surface area contributed by atoms with Crippen LogP contribution in [-0.4, -0.2) is 30.6 Å². The third kappa shape index (κ3) is 4.13. The molecule has 0 amide bonds. The third-order valence-electron chi connectivity index (χ3n) is 3.67. The summed E-state index contributed by atoms with van der Waals surface area (Å²) < 4.78 is 0. The Hall–Kier alpha value is -1.24. The van der Waals surface area contributed by atoms with E-state index in [1.807, 2.05) is 12.1 Å². The van der Waals surface area contributed by atoms with Crippen molar-refractivity contribution in [2.45, 2.75) is 32.7 Å². The highest BCUT2D eigenvalue weighted by Crippen LogP contribution is 2.23. The minimum atomic E-state index is 0.451. The molecule has 0 saturated carbocycles. The van der Waals surface area contributed by atoms with Gasteiger partial charge in [-0.3, -0.25) is 0 Å². The van der Waals surface area contributed by atoms with E-state index >= 15 is 0 Å². The lowest BCUT2D eigenvalue weighted by atomic mass is 10.0. The predicted octanol–water partition coefficient (Wildman–Crippen LogP) is 3.74. The van der Waals surface area contributed by atoms with E-state index in [1.54, 1.807) is 6.07 Å². The van der Waals surface area contributed by atoms with Crippen molar-refractivity contribution in [2.24, 2.45) is 5.92 Å². The van der Waals surface area contributed by atoms with Crippen LogP contribution in [0.4, 0.5) is 5.69 Å². The Kier molecular flexibility index (Phi) is 5.28. The maximum Gasteiger partial charge on any atom is 0.101 e. The molecule has 1 N–H and O–H groups in total. The maximum absolute atomic E-state index is 9.16. The number of anilines is 1. The van der Waals surface area contributed by atoms with Crippen LogP contribution >= 0.6 is 11.6 Å². The Balaban J connectivity index is 1.91. The molecular weight excluding hydrogens is 270 g/mol. The summed E-state index contributed by atoms with van der Waals surface area (Å²) in [5.74, 6) is 0.723. The van der Waals surface area contributed by atoms with E-state index < -0.39 is 0 Å². The molecule has 108 valence electrons. The van der Waals surface area contributed by atoms with Crippen LogP contribution < -0.4 is 5.32 Å². The summed E-state index contributed by atoms with van der Waals surface area (Å²) in [4.78, 5) is 2.52. The Labute approximate surface area is 126 Å². The second-order valence-electron chi connectivity index (χ2n) is 5.91. The van der Waals surface area contributed by atoms with Gasteiger partial charge in [-0.25, -0.2) is 0 Å². The second kappa shape index (κ2) is 6.97. The predicted molar refractivity (Wildman–Crippen MR) is 84.1 cm³/mol. The lowest BCUT2D eigenvalue weighted by molar-refractivity contribution is 0.198. The van der Waals surface area contributed by atoms with Crippen LogP contribution in [0.15, 0.2) is 18.2 Å². The number of hydrogen-bond acceptors (Lipinski definition) is 3. The van der Waals surface area contributed by atoms with Crippen LogP contribution in [0.5, 0.6) is 0 Å². The number of nitrogens with one attached hydrogen (secondary N) is 1. The molecule has 0 bridgehead atoms. The van der Waals surface area contributed by atoms with E-state index in [9.17, 15) is 0 Å². The molecule has 1 saturated heterocycles. The Bertz CT molecular complexity index is 485. The summed E-state index contributed by atoms with van der Waals surface area (Å²) in [5.41, 5.74) is 1.53. The molecule has 0 spiro atoms. The van der Waals surface area contributed by atoms with Gasteiger partial charge in [-0.15, -0.1) is 0 Å². The van der Waals surface area contributed by atoms with Gasteiger partial charge < -0.3 is 10.2 Å². The van der Waals surface area contributed by atoms with Crippen molar-refractivity contribution in [2.75, 3.05) is 25.0 Å². The molecule has 1 heterocycles. The number of likely N-dealkylation sites (tertiary alicyclic amines) is 1. The zero-order valence-corrected chi connectivity index (χ0v) is 13.0. The van der Waals surface area contributed by atoms with Gasteiger partial charge in [0.25, 0.3) is 0 Å². The smallest absolute Gasteiger partial charge is 0.101 e. The Morgan fingerprint density at radius 1 is 1.40 bits per heavy atom. The van der Waals surface area contributed by atoms with Crippen molar-refractivity contribution in [3.05, 3.63) is 28.8 Å². The van der Waals surface area contributed by atoms with E-state index in [-0.39, 0.29) is 0 Å². The number of hydrogen-bond donors (Lipinski definition) is 1. The summed E-state index contributed by atoms with van der Waals surface area (Å²) in [6, 6.07) is 8.11. The normalized spacial score (nSPS) is 17.1. The number of nitriles is 1. The SMILES string of the molecule is CC(C)CN1CCC(Nc2ccc(Cl)cc2C#N)CC1. The van der Waals surface area contributed by atoms with E-state index in [4.69, 9.17) is 16.9 Å². The molecule has 0 unspecified atom stereocenters. The van der Waals surface area contributed by atoms with Gasteiger partial charge in [0, 0.05) is 30.7 Å². The maximum atomic E-state index is 9.16. The molecule has 0 aliphatic carbocycles. The van der Waals surface area contributed by atoms with Crippen molar-refractivity contribution in [1.82, 2.24) is 4.90 Å². The van der Waals surface area contributed by atoms with E-state index in [1.165, 1.54) is 6.54 Å². The van der Waals surface area contributed by atoms with Crippen LogP contribution in [0, 0.1) is 17.2 Å².